The molecule has 2 N–H and O–H groups in total. The quantitative estimate of drug-likeness (QED) is 0.882. The van der Waals surface area contributed by atoms with E-state index in [2.05, 4.69) is 5.10 Å². The Balaban J connectivity index is 1.99. The van der Waals surface area contributed by atoms with Crippen LogP contribution in [0.15, 0.2) is 30.6 Å². The lowest BCUT2D eigenvalue weighted by molar-refractivity contribution is 0.304. The van der Waals surface area contributed by atoms with E-state index in [1.165, 1.54) is 6.07 Å². The lowest BCUT2D eigenvalue weighted by atomic mass is 10.2. The highest BCUT2D eigenvalue weighted by Crippen LogP contribution is 2.17. The van der Waals surface area contributed by atoms with Crippen molar-refractivity contribution in [3.63, 3.8) is 0 Å². The molecule has 1 aromatic heterocycles. The van der Waals surface area contributed by atoms with Gasteiger partial charge in [0.2, 0.25) is 0 Å². The first-order chi connectivity index (χ1) is 8.72. The average molecular weight is 249 g/mol. The largest absolute Gasteiger partial charge is 0.489 e. The first kappa shape index (κ1) is 12.6. The van der Waals surface area contributed by atoms with Crippen LogP contribution in [-0.2, 0) is 19.7 Å². The van der Waals surface area contributed by atoms with Gasteiger partial charge in [0.15, 0.2) is 0 Å². The molecule has 1 heterocycles. The van der Waals surface area contributed by atoms with Crippen molar-refractivity contribution in [1.29, 1.82) is 0 Å². The summed E-state index contributed by atoms with van der Waals surface area (Å²) >= 11 is 0. The van der Waals surface area contributed by atoms with Gasteiger partial charge in [0, 0.05) is 36.5 Å². The number of hydrogen-bond acceptors (Lipinski definition) is 3. The zero-order chi connectivity index (χ0) is 13.0. The molecule has 0 unspecified atom stereocenters. The van der Waals surface area contributed by atoms with Crippen LogP contribution in [0.25, 0.3) is 0 Å². The van der Waals surface area contributed by atoms with E-state index in [1.807, 2.05) is 17.8 Å². The van der Waals surface area contributed by atoms with Crippen molar-refractivity contribution in [3.8, 4) is 5.75 Å². The monoisotopic (exact) mass is 249 g/mol. The van der Waals surface area contributed by atoms with E-state index in [0.717, 1.165) is 12.1 Å². The first-order valence-electron chi connectivity index (χ1n) is 5.85. The summed E-state index contributed by atoms with van der Waals surface area (Å²) in [7, 11) is 0. The summed E-state index contributed by atoms with van der Waals surface area (Å²) in [6.07, 6.45) is 3.65. The summed E-state index contributed by atoms with van der Waals surface area (Å²) in [5.41, 5.74) is 6.84. The maximum absolute atomic E-state index is 13.5. The van der Waals surface area contributed by atoms with E-state index in [1.54, 1.807) is 18.3 Å². The van der Waals surface area contributed by atoms with Crippen molar-refractivity contribution in [3.05, 3.63) is 47.5 Å². The number of halogens is 1. The van der Waals surface area contributed by atoms with E-state index in [4.69, 9.17) is 10.5 Å². The van der Waals surface area contributed by atoms with Crippen LogP contribution < -0.4 is 10.5 Å². The Labute approximate surface area is 105 Å². The van der Waals surface area contributed by atoms with Gasteiger partial charge in [0.25, 0.3) is 0 Å². The maximum atomic E-state index is 13.5. The molecule has 0 saturated heterocycles. The lowest BCUT2D eigenvalue weighted by Gasteiger charge is -2.06. The fourth-order valence-electron chi connectivity index (χ4n) is 1.60. The molecule has 1 aromatic carbocycles. The molecule has 2 rings (SSSR count). The predicted octanol–water partition coefficient (Wildman–Crippen LogP) is 2.08. The molecule has 0 aliphatic rings. The number of aryl methyl sites for hydroxylation is 1. The van der Waals surface area contributed by atoms with Crippen LogP contribution in [0.1, 0.15) is 18.1 Å². The number of rotatable bonds is 5. The van der Waals surface area contributed by atoms with E-state index < -0.39 is 0 Å². The minimum atomic E-state index is -0.334. The van der Waals surface area contributed by atoms with E-state index in [0.29, 0.717) is 17.9 Å². The van der Waals surface area contributed by atoms with Crippen molar-refractivity contribution in [1.82, 2.24) is 9.78 Å². The van der Waals surface area contributed by atoms with Crippen LogP contribution in [0.4, 0.5) is 4.39 Å². The topological polar surface area (TPSA) is 53.1 Å². The lowest BCUT2D eigenvalue weighted by Crippen LogP contribution is -2.01. The molecule has 0 aliphatic carbocycles. The van der Waals surface area contributed by atoms with Gasteiger partial charge in [-0.25, -0.2) is 4.39 Å². The van der Waals surface area contributed by atoms with Crippen molar-refractivity contribution in [2.24, 2.45) is 5.73 Å². The molecule has 18 heavy (non-hydrogen) atoms. The van der Waals surface area contributed by atoms with Crippen LogP contribution >= 0.6 is 0 Å². The zero-order valence-electron chi connectivity index (χ0n) is 10.3. The molecule has 0 saturated carbocycles. The van der Waals surface area contributed by atoms with Gasteiger partial charge >= 0.3 is 0 Å². The zero-order valence-corrected chi connectivity index (χ0v) is 10.3. The second-order valence-corrected chi connectivity index (χ2v) is 3.95. The molecule has 0 amide bonds. The molecular formula is C13H16FN3O. The highest BCUT2D eigenvalue weighted by atomic mass is 19.1. The van der Waals surface area contributed by atoms with Gasteiger partial charge in [0.1, 0.15) is 18.2 Å². The number of aromatic nitrogens is 2. The molecule has 0 fully saturated rings. The fraction of sp³-hybridized carbons (Fsp3) is 0.308. The van der Waals surface area contributed by atoms with Crippen LogP contribution in [0.5, 0.6) is 5.75 Å². The van der Waals surface area contributed by atoms with E-state index in [9.17, 15) is 4.39 Å². The third-order valence-corrected chi connectivity index (χ3v) is 2.66. The third kappa shape index (κ3) is 2.87. The maximum Gasteiger partial charge on any atom is 0.131 e. The normalized spacial score (nSPS) is 10.6. The van der Waals surface area contributed by atoms with Crippen molar-refractivity contribution >= 4 is 0 Å². The van der Waals surface area contributed by atoms with Gasteiger partial charge in [-0.05, 0) is 13.0 Å². The predicted molar refractivity (Wildman–Crippen MR) is 66.5 cm³/mol. The number of ether oxygens (including phenoxy) is 1. The Hall–Kier alpha value is -1.88. The van der Waals surface area contributed by atoms with Crippen LogP contribution in [-0.4, -0.2) is 9.78 Å². The van der Waals surface area contributed by atoms with Gasteiger partial charge < -0.3 is 10.5 Å². The molecule has 5 heteroatoms. The molecule has 0 bridgehead atoms. The number of hydrogen-bond donors (Lipinski definition) is 1. The Kier molecular flexibility index (Phi) is 3.94. The molecule has 96 valence electrons. The molecule has 2 aromatic rings. The summed E-state index contributed by atoms with van der Waals surface area (Å²) in [6, 6.07) is 4.71. The average Bonchev–Trinajstić information content (AvgIpc) is 2.84. The fourth-order valence-corrected chi connectivity index (χ4v) is 1.60. The third-order valence-electron chi connectivity index (χ3n) is 2.66. The molecule has 0 spiro atoms. The van der Waals surface area contributed by atoms with E-state index >= 15 is 0 Å². The second kappa shape index (κ2) is 5.64. The van der Waals surface area contributed by atoms with Crippen LogP contribution in [0.3, 0.4) is 0 Å². The van der Waals surface area contributed by atoms with E-state index in [-0.39, 0.29) is 12.4 Å². The molecule has 0 radical (unpaired) electrons. The summed E-state index contributed by atoms with van der Waals surface area (Å²) < 4.78 is 20.8. The Morgan fingerprint density at radius 2 is 2.28 bits per heavy atom. The molecule has 0 atom stereocenters. The SMILES string of the molecule is CCn1cc(COc2ccc(CN)c(F)c2)cn1. The first-order valence-corrected chi connectivity index (χ1v) is 5.85. The Morgan fingerprint density at radius 1 is 1.44 bits per heavy atom. The summed E-state index contributed by atoms with van der Waals surface area (Å²) in [6.45, 7) is 3.40. The Morgan fingerprint density at radius 3 is 2.89 bits per heavy atom. The van der Waals surface area contributed by atoms with Crippen molar-refractivity contribution in [2.75, 3.05) is 0 Å². The summed E-state index contributed by atoms with van der Waals surface area (Å²) in [4.78, 5) is 0. The summed E-state index contributed by atoms with van der Waals surface area (Å²) in [5, 5.41) is 4.14. The van der Waals surface area contributed by atoms with Gasteiger partial charge in [-0.1, -0.05) is 6.07 Å². The number of nitrogens with two attached hydrogens (primary N) is 1. The highest BCUT2D eigenvalue weighted by molar-refractivity contribution is 5.29. The van der Waals surface area contributed by atoms with Gasteiger partial charge in [-0.2, -0.15) is 5.10 Å². The summed E-state index contributed by atoms with van der Waals surface area (Å²) in [5.74, 6) is 0.160. The van der Waals surface area contributed by atoms with Gasteiger partial charge in [0.05, 0.1) is 6.20 Å². The smallest absolute Gasteiger partial charge is 0.131 e. The minimum Gasteiger partial charge on any atom is -0.489 e. The Bertz CT molecular complexity index is 525. The van der Waals surface area contributed by atoms with Crippen LogP contribution in [0, 0.1) is 5.82 Å². The second-order valence-electron chi connectivity index (χ2n) is 3.95. The minimum absolute atomic E-state index is 0.190. The van der Waals surface area contributed by atoms with Crippen molar-refractivity contribution in [2.45, 2.75) is 26.6 Å². The highest BCUT2D eigenvalue weighted by Gasteiger charge is 2.04. The van der Waals surface area contributed by atoms with Gasteiger partial charge in [-0.15, -0.1) is 0 Å². The standard InChI is InChI=1S/C13H16FN3O/c1-2-17-8-10(7-16-17)9-18-12-4-3-11(6-15)13(14)5-12/h3-5,7-8H,2,6,9,15H2,1H3. The number of benzene rings is 1. The van der Waals surface area contributed by atoms with Gasteiger partial charge in [-0.3, -0.25) is 4.68 Å². The number of nitrogens with zero attached hydrogens (tertiary/aromatic N) is 2. The molecular weight excluding hydrogens is 233 g/mol. The van der Waals surface area contributed by atoms with Crippen molar-refractivity contribution < 1.29 is 9.13 Å². The molecule has 4 nitrogen and oxygen atoms in total. The molecule has 0 aliphatic heterocycles. The van der Waals surface area contributed by atoms with Crippen LogP contribution in [0.2, 0.25) is 0 Å².